The van der Waals surface area contributed by atoms with Crippen molar-refractivity contribution in [2.75, 3.05) is 24.5 Å². The molecular weight excluding hydrogens is 316 g/mol. The van der Waals surface area contributed by atoms with Crippen molar-refractivity contribution in [2.45, 2.75) is 43.4 Å². The number of aliphatic imine (C=N–C) groups is 1. The second-order valence-corrected chi connectivity index (χ2v) is 7.99. The third kappa shape index (κ3) is 3.33. The molecule has 24 heavy (non-hydrogen) atoms. The number of hydrogen-bond donors (Lipinski definition) is 2. The van der Waals surface area contributed by atoms with E-state index in [0.29, 0.717) is 11.3 Å². The van der Waals surface area contributed by atoms with E-state index in [4.69, 9.17) is 10.7 Å². The van der Waals surface area contributed by atoms with E-state index in [1.165, 1.54) is 37.1 Å². The van der Waals surface area contributed by atoms with Gasteiger partial charge in [0.1, 0.15) is 5.84 Å². The van der Waals surface area contributed by atoms with Crippen molar-refractivity contribution >= 4 is 29.0 Å². The molecule has 0 saturated carbocycles. The van der Waals surface area contributed by atoms with E-state index in [2.05, 4.69) is 39.9 Å². The highest BCUT2D eigenvalue weighted by molar-refractivity contribution is 8.03. The van der Waals surface area contributed by atoms with Crippen LogP contribution >= 0.6 is 11.8 Å². The van der Waals surface area contributed by atoms with Crippen molar-refractivity contribution in [3.05, 3.63) is 35.2 Å². The normalized spacial score (nSPS) is 27.3. The van der Waals surface area contributed by atoms with Crippen LogP contribution in [0.4, 0.5) is 11.4 Å². The second kappa shape index (κ2) is 7.19. The fraction of sp³-hybridized carbons (Fsp3) is 0.526. The minimum absolute atomic E-state index is 0.310. The van der Waals surface area contributed by atoms with E-state index in [9.17, 15) is 0 Å². The second-order valence-electron chi connectivity index (χ2n) is 6.88. The van der Waals surface area contributed by atoms with E-state index in [0.717, 1.165) is 37.5 Å². The van der Waals surface area contributed by atoms with Gasteiger partial charge in [-0.25, -0.2) is 4.99 Å². The Morgan fingerprint density at radius 1 is 1.33 bits per heavy atom. The number of fused-ring (bicyclic) bond motifs is 1. The molecule has 3 aliphatic heterocycles. The molecule has 5 heteroatoms. The smallest absolute Gasteiger partial charge is 0.113 e. The predicted octanol–water partition coefficient (Wildman–Crippen LogP) is 3.20. The molecule has 0 aromatic heterocycles. The minimum atomic E-state index is 0.310. The maximum absolute atomic E-state index is 6.22. The summed E-state index contributed by atoms with van der Waals surface area (Å²) in [6.07, 6.45) is 8.09. The average Bonchev–Trinajstić information content (AvgIpc) is 3.26. The molecule has 1 aromatic rings. The Kier molecular flexibility index (Phi) is 4.81. The highest BCUT2D eigenvalue weighted by Crippen LogP contribution is 2.33. The van der Waals surface area contributed by atoms with Crippen LogP contribution in [0.3, 0.4) is 0 Å². The number of nitrogens with two attached hydrogens (primary N) is 1. The van der Waals surface area contributed by atoms with Crippen molar-refractivity contribution in [3.63, 3.8) is 0 Å². The first-order valence-corrected chi connectivity index (χ1v) is 10.0. The Bertz CT molecular complexity index is 641. The quantitative estimate of drug-likeness (QED) is 0.654. The predicted molar refractivity (Wildman–Crippen MR) is 104 cm³/mol. The summed E-state index contributed by atoms with van der Waals surface area (Å²) < 4.78 is 0. The van der Waals surface area contributed by atoms with Crippen molar-refractivity contribution in [3.8, 4) is 0 Å². The molecule has 2 atom stereocenters. The van der Waals surface area contributed by atoms with Gasteiger partial charge < -0.3 is 16.0 Å². The maximum atomic E-state index is 6.22. The lowest BCUT2D eigenvalue weighted by atomic mass is 10.1. The zero-order valence-electron chi connectivity index (χ0n) is 14.1. The van der Waals surface area contributed by atoms with Gasteiger partial charge in [0.05, 0.1) is 10.9 Å². The number of thioether (sulfide) groups is 1. The Labute approximate surface area is 148 Å². The Balaban J connectivity index is 1.59. The van der Waals surface area contributed by atoms with Crippen LogP contribution in [0.1, 0.15) is 31.2 Å². The van der Waals surface area contributed by atoms with Crippen molar-refractivity contribution in [1.29, 1.82) is 0 Å². The van der Waals surface area contributed by atoms with Gasteiger partial charge in [0.25, 0.3) is 0 Å². The molecular formula is C19H26N4S. The molecule has 1 aromatic carbocycles. The van der Waals surface area contributed by atoms with Crippen molar-refractivity contribution < 1.29 is 0 Å². The zero-order chi connectivity index (χ0) is 16.4. The van der Waals surface area contributed by atoms with Gasteiger partial charge in [-0.3, -0.25) is 0 Å². The van der Waals surface area contributed by atoms with Gasteiger partial charge in [-0.1, -0.05) is 6.08 Å². The van der Waals surface area contributed by atoms with Gasteiger partial charge in [0.15, 0.2) is 0 Å². The van der Waals surface area contributed by atoms with Crippen LogP contribution in [0.2, 0.25) is 0 Å². The molecule has 1 saturated heterocycles. The lowest BCUT2D eigenvalue weighted by Gasteiger charge is -2.31. The summed E-state index contributed by atoms with van der Waals surface area (Å²) in [4.78, 5) is 7.33. The molecule has 0 spiro atoms. The Morgan fingerprint density at radius 3 is 3.08 bits per heavy atom. The molecule has 3 heterocycles. The molecule has 128 valence electrons. The van der Waals surface area contributed by atoms with Crippen LogP contribution in [0, 0.1) is 0 Å². The van der Waals surface area contributed by atoms with Crippen LogP contribution < -0.4 is 16.0 Å². The van der Waals surface area contributed by atoms with Crippen LogP contribution in [0.5, 0.6) is 0 Å². The molecule has 0 aliphatic carbocycles. The van der Waals surface area contributed by atoms with Crippen molar-refractivity contribution in [1.82, 2.24) is 5.32 Å². The lowest BCUT2D eigenvalue weighted by molar-refractivity contribution is 0.615. The Hall–Kier alpha value is -1.46. The molecule has 0 radical (unpaired) electrons. The standard InChI is InChI=1S/C19H26N4S/c20-19(18-5-3-11-24-18)22-15-6-7-17-14(12-15)4-1-2-10-23(17)16-8-9-21-13-16/h3,6-7,11-12,16,18,21H,1-2,4-5,8-10,13H2,(H2,20,22). The molecule has 1 fully saturated rings. The summed E-state index contributed by atoms with van der Waals surface area (Å²) in [5, 5.41) is 5.93. The zero-order valence-corrected chi connectivity index (χ0v) is 14.9. The van der Waals surface area contributed by atoms with Crippen LogP contribution in [-0.4, -0.2) is 36.8 Å². The first-order chi connectivity index (χ1) is 11.8. The van der Waals surface area contributed by atoms with Crippen LogP contribution in [0.15, 0.2) is 34.7 Å². The Morgan fingerprint density at radius 2 is 2.29 bits per heavy atom. The number of nitrogens with zero attached hydrogens (tertiary/aromatic N) is 2. The highest BCUT2D eigenvalue weighted by atomic mass is 32.2. The van der Waals surface area contributed by atoms with E-state index in [1.54, 1.807) is 11.8 Å². The SMILES string of the molecule is NC(=Nc1ccc2c(c1)CCCCN2C1CCNC1)C1CC=CS1. The summed E-state index contributed by atoms with van der Waals surface area (Å²) in [6, 6.07) is 7.31. The molecule has 0 bridgehead atoms. The summed E-state index contributed by atoms with van der Waals surface area (Å²) in [5.74, 6) is 0.746. The van der Waals surface area contributed by atoms with Gasteiger partial charge in [-0.15, -0.1) is 11.8 Å². The lowest BCUT2D eigenvalue weighted by Crippen LogP contribution is -2.37. The summed E-state index contributed by atoms with van der Waals surface area (Å²) >= 11 is 1.77. The average molecular weight is 343 g/mol. The number of amidine groups is 1. The van der Waals surface area contributed by atoms with Gasteiger partial charge in [-0.05, 0) is 67.8 Å². The van der Waals surface area contributed by atoms with Crippen LogP contribution in [-0.2, 0) is 6.42 Å². The fourth-order valence-corrected chi connectivity index (χ4v) is 4.75. The largest absolute Gasteiger partial charge is 0.386 e. The number of allylic oxidation sites excluding steroid dienone is 1. The molecule has 2 unspecified atom stereocenters. The van der Waals surface area contributed by atoms with Crippen LogP contribution in [0.25, 0.3) is 0 Å². The van der Waals surface area contributed by atoms with E-state index < -0.39 is 0 Å². The van der Waals surface area contributed by atoms with E-state index in [-0.39, 0.29) is 0 Å². The number of nitrogens with one attached hydrogen (secondary N) is 1. The van der Waals surface area contributed by atoms with Crippen molar-refractivity contribution in [2.24, 2.45) is 10.7 Å². The number of benzene rings is 1. The number of hydrogen-bond acceptors (Lipinski definition) is 4. The monoisotopic (exact) mass is 342 g/mol. The third-order valence-electron chi connectivity index (χ3n) is 5.22. The minimum Gasteiger partial charge on any atom is -0.386 e. The van der Waals surface area contributed by atoms with E-state index in [1.807, 2.05) is 0 Å². The number of anilines is 1. The number of rotatable bonds is 3. The maximum Gasteiger partial charge on any atom is 0.113 e. The molecule has 0 amide bonds. The van der Waals surface area contributed by atoms with E-state index >= 15 is 0 Å². The highest BCUT2D eigenvalue weighted by Gasteiger charge is 2.25. The number of aryl methyl sites for hydroxylation is 1. The molecule has 4 rings (SSSR count). The molecule has 3 aliphatic rings. The fourth-order valence-electron chi connectivity index (χ4n) is 3.92. The molecule has 4 nitrogen and oxygen atoms in total. The summed E-state index contributed by atoms with van der Waals surface area (Å²) in [7, 11) is 0. The first kappa shape index (κ1) is 16.0. The third-order valence-corrected chi connectivity index (χ3v) is 6.33. The van der Waals surface area contributed by atoms with Gasteiger partial charge in [0, 0.05) is 24.8 Å². The topological polar surface area (TPSA) is 53.6 Å². The summed E-state index contributed by atoms with van der Waals surface area (Å²) in [5.41, 5.74) is 10.1. The summed E-state index contributed by atoms with van der Waals surface area (Å²) in [6.45, 7) is 3.43. The molecule has 3 N–H and O–H groups in total. The van der Waals surface area contributed by atoms with Gasteiger partial charge in [0.2, 0.25) is 0 Å². The van der Waals surface area contributed by atoms with Gasteiger partial charge >= 0.3 is 0 Å². The van der Waals surface area contributed by atoms with Gasteiger partial charge in [-0.2, -0.15) is 0 Å². The first-order valence-electron chi connectivity index (χ1n) is 9.06.